The Kier molecular flexibility index (Phi) is 5.37. The third kappa shape index (κ3) is 4.59. The maximum absolute atomic E-state index is 12.1. The van der Waals surface area contributed by atoms with E-state index in [4.69, 9.17) is 17.3 Å². The van der Waals surface area contributed by atoms with E-state index < -0.39 is 0 Å². The number of carbonyl (C=O) groups is 1. The summed E-state index contributed by atoms with van der Waals surface area (Å²) in [5.41, 5.74) is 8.04. The number of amides is 1. The van der Waals surface area contributed by atoms with E-state index in [0.29, 0.717) is 5.02 Å². The minimum Gasteiger partial charge on any atom is -0.350 e. The first-order chi connectivity index (χ1) is 10.1. The summed E-state index contributed by atoms with van der Waals surface area (Å²) in [6.07, 6.45) is 0.249. The number of hydrogen-bond donors (Lipinski definition) is 2. The minimum atomic E-state index is -0.328. The second kappa shape index (κ2) is 7.25. The predicted octanol–water partition coefficient (Wildman–Crippen LogP) is 3.61. The molecule has 2 aromatic rings. The largest absolute Gasteiger partial charge is 0.350 e. The number of nitrogens with one attached hydrogen (secondary N) is 1. The number of benzene rings is 2. The van der Waals surface area contributed by atoms with Crippen LogP contribution < -0.4 is 11.1 Å². The number of halogens is 1. The molecule has 0 heterocycles. The SMILES string of the molecule is C[C@H](NC(=O)C[C@@H](N)c1ccc(Cl)cc1)c1ccccc1. The average Bonchev–Trinajstić information content (AvgIpc) is 2.48. The number of carbonyl (C=O) groups excluding carboxylic acids is 1. The first kappa shape index (κ1) is 15.5. The molecule has 3 N–H and O–H groups in total. The standard InChI is InChI=1S/C17H19ClN2O/c1-12(13-5-3-2-4-6-13)20-17(21)11-16(19)14-7-9-15(18)10-8-14/h2-10,12,16H,11,19H2,1H3,(H,20,21)/t12-,16+/m0/s1. The average molecular weight is 303 g/mol. The number of nitrogens with two attached hydrogens (primary N) is 1. The van der Waals surface area contributed by atoms with Crippen LogP contribution in [0.25, 0.3) is 0 Å². The van der Waals surface area contributed by atoms with E-state index >= 15 is 0 Å². The lowest BCUT2D eigenvalue weighted by Gasteiger charge is -2.17. The van der Waals surface area contributed by atoms with Crippen LogP contribution in [0.4, 0.5) is 0 Å². The topological polar surface area (TPSA) is 55.1 Å². The molecule has 3 nitrogen and oxygen atoms in total. The third-order valence-electron chi connectivity index (χ3n) is 3.38. The van der Waals surface area contributed by atoms with Gasteiger partial charge in [0.2, 0.25) is 5.91 Å². The zero-order valence-corrected chi connectivity index (χ0v) is 12.7. The van der Waals surface area contributed by atoms with Gasteiger partial charge in [-0.15, -0.1) is 0 Å². The molecule has 2 rings (SSSR count). The first-order valence-corrected chi connectivity index (χ1v) is 7.29. The summed E-state index contributed by atoms with van der Waals surface area (Å²) in [7, 11) is 0. The molecule has 0 bridgehead atoms. The fourth-order valence-electron chi connectivity index (χ4n) is 2.15. The van der Waals surface area contributed by atoms with Crippen LogP contribution in [0.5, 0.6) is 0 Å². The third-order valence-corrected chi connectivity index (χ3v) is 3.63. The molecular weight excluding hydrogens is 284 g/mol. The van der Waals surface area contributed by atoms with Crippen molar-refractivity contribution in [1.82, 2.24) is 5.32 Å². The van der Waals surface area contributed by atoms with Gasteiger partial charge in [0.1, 0.15) is 0 Å². The van der Waals surface area contributed by atoms with Crippen molar-refractivity contribution in [1.29, 1.82) is 0 Å². The van der Waals surface area contributed by atoms with Gasteiger partial charge in [0.25, 0.3) is 0 Å². The highest BCUT2D eigenvalue weighted by atomic mass is 35.5. The molecule has 0 aliphatic carbocycles. The van der Waals surface area contributed by atoms with Gasteiger partial charge in [-0.2, -0.15) is 0 Å². The summed E-state index contributed by atoms with van der Waals surface area (Å²) in [5.74, 6) is -0.0613. The van der Waals surface area contributed by atoms with Crippen LogP contribution in [-0.2, 0) is 4.79 Å². The Morgan fingerprint density at radius 3 is 2.33 bits per heavy atom. The van der Waals surface area contributed by atoms with Crippen LogP contribution >= 0.6 is 11.6 Å². The Morgan fingerprint density at radius 2 is 1.71 bits per heavy atom. The molecule has 0 aliphatic heterocycles. The first-order valence-electron chi connectivity index (χ1n) is 6.91. The molecule has 2 atom stereocenters. The Balaban J connectivity index is 1.91. The van der Waals surface area contributed by atoms with Gasteiger partial charge >= 0.3 is 0 Å². The van der Waals surface area contributed by atoms with Crippen molar-refractivity contribution >= 4 is 17.5 Å². The highest BCUT2D eigenvalue weighted by Gasteiger charge is 2.14. The van der Waals surface area contributed by atoms with Gasteiger partial charge in [-0.1, -0.05) is 54.1 Å². The number of hydrogen-bond acceptors (Lipinski definition) is 2. The Bertz CT molecular complexity index is 583. The smallest absolute Gasteiger partial charge is 0.222 e. The van der Waals surface area contributed by atoms with Gasteiger partial charge in [0.15, 0.2) is 0 Å². The zero-order chi connectivity index (χ0) is 15.2. The van der Waals surface area contributed by atoms with Gasteiger partial charge in [-0.3, -0.25) is 4.79 Å². The van der Waals surface area contributed by atoms with E-state index in [1.54, 1.807) is 12.1 Å². The lowest BCUT2D eigenvalue weighted by molar-refractivity contribution is -0.122. The van der Waals surface area contributed by atoms with Crippen molar-refractivity contribution in [3.8, 4) is 0 Å². The highest BCUT2D eigenvalue weighted by molar-refractivity contribution is 6.30. The summed E-state index contributed by atoms with van der Waals surface area (Å²) in [6.45, 7) is 1.96. The van der Waals surface area contributed by atoms with Crippen LogP contribution in [0.3, 0.4) is 0 Å². The van der Waals surface area contributed by atoms with E-state index in [2.05, 4.69) is 5.32 Å². The molecule has 110 valence electrons. The summed E-state index contributed by atoms with van der Waals surface area (Å²) in [4.78, 5) is 12.1. The summed E-state index contributed by atoms with van der Waals surface area (Å²) >= 11 is 5.84. The molecule has 0 spiro atoms. The summed E-state index contributed by atoms with van der Waals surface area (Å²) in [5, 5.41) is 3.62. The zero-order valence-electron chi connectivity index (χ0n) is 11.9. The molecule has 0 unspecified atom stereocenters. The van der Waals surface area contributed by atoms with Crippen molar-refractivity contribution < 1.29 is 4.79 Å². The van der Waals surface area contributed by atoms with Gasteiger partial charge in [0, 0.05) is 17.5 Å². The van der Waals surface area contributed by atoms with Crippen molar-refractivity contribution in [2.45, 2.75) is 25.4 Å². The van der Waals surface area contributed by atoms with Crippen molar-refractivity contribution in [3.05, 3.63) is 70.7 Å². The van der Waals surface area contributed by atoms with Gasteiger partial charge in [-0.25, -0.2) is 0 Å². The van der Waals surface area contributed by atoms with E-state index in [1.807, 2.05) is 49.4 Å². The second-order valence-corrected chi connectivity index (χ2v) is 5.50. The van der Waals surface area contributed by atoms with E-state index in [9.17, 15) is 4.79 Å². The maximum atomic E-state index is 12.1. The van der Waals surface area contributed by atoms with E-state index in [-0.39, 0.29) is 24.4 Å². The molecule has 4 heteroatoms. The van der Waals surface area contributed by atoms with Gasteiger partial charge in [0.05, 0.1) is 6.04 Å². The molecule has 0 radical (unpaired) electrons. The lowest BCUT2D eigenvalue weighted by Crippen LogP contribution is -2.29. The van der Waals surface area contributed by atoms with Gasteiger partial charge in [-0.05, 0) is 30.2 Å². The second-order valence-electron chi connectivity index (χ2n) is 5.06. The van der Waals surface area contributed by atoms with Crippen LogP contribution in [0.1, 0.15) is 36.6 Å². The van der Waals surface area contributed by atoms with Crippen LogP contribution in [-0.4, -0.2) is 5.91 Å². The monoisotopic (exact) mass is 302 g/mol. The molecule has 0 aliphatic rings. The molecular formula is C17H19ClN2O. The highest BCUT2D eigenvalue weighted by Crippen LogP contribution is 2.18. The number of rotatable bonds is 5. The Hall–Kier alpha value is -1.84. The van der Waals surface area contributed by atoms with Crippen LogP contribution in [0.15, 0.2) is 54.6 Å². The fourth-order valence-corrected chi connectivity index (χ4v) is 2.28. The lowest BCUT2D eigenvalue weighted by atomic mass is 10.0. The normalized spacial score (nSPS) is 13.5. The summed E-state index contributed by atoms with van der Waals surface area (Å²) < 4.78 is 0. The molecule has 2 aromatic carbocycles. The molecule has 0 saturated carbocycles. The fraction of sp³-hybridized carbons (Fsp3) is 0.235. The van der Waals surface area contributed by atoms with Crippen molar-refractivity contribution in [3.63, 3.8) is 0 Å². The Morgan fingerprint density at radius 1 is 1.10 bits per heavy atom. The minimum absolute atomic E-state index is 0.0314. The summed E-state index contributed by atoms with van der Waals surface area (Å²) in [6, 6.07) is 16.7. The molecule has 1 amide bonds. The predicted molar refractivity (Wildman–Crippen MR) is 86.0 cm³/mol. The molecule has 0 saturated heterocycles. The van der Waals surface area contributed by atoms with Crippen LogP contribution in [0, 0.1) is 0 Å². The molecule has 0 fully saturated rings. The maximum Gasteiger partial charge on any atom is 0.222 e. The Labute approximate surface area is 130 Å². The quantitative estimate of drug-likeness (QED) is 0.886. The molecule has 0 aromatic heterocycles. The van der Waals surface area contributed by atoms with E-state index in [1.165, 1.54) is 0 Å². The van der Waals surface area contributed by atoms with E-state index in [0.717, 1.165) is 11.1 Å². The van der Waals surface area contributed by atoms with Crippen molar-refractivity contribution in [2.24, 2.45) is 5.73 Å². The van der Waals surface area contributed by atoms with Crippen molar-refractivity contribution in [2.75, 3.05) is 0 Å². The van der Waals surface area contributed by atoms with Gasteiger partial charge < -0.3 is 11.1 Å². The molecule has 21 heavy (non-hydrogen) atoms. The van der Waals surface area contributed by atoms with Crippen LogP contribution in [0.2, 0.25) is 5.02 Å².